The van der Waals surface area contributed by atoms with Gasteiger partial charge in [0, 0.05) is 39.3 Å². The largest absolute Gasteiger partial charge is 0.310 e. The Hall–Kier alpha value is -0.120. The molecule has 0 bridgehead atoms. The van der Waals surface area contributed by atoms with Crippen molar-refractivity contribution >= 4 is 0 Å². The van der Waals surface area contributed by atoms with Gasteiger partial charge in [-0.1, -0.05) is 0 Å². The molecular formula is C9H19N3. The summed E-state index contributed by atoms with van der Waals surface area (Å²) in [5.74, 6) is 0. The van der Waals surface area contributed by atoms with Crippen LogP contribution in [0.15, 0.2) is 0 Å². The predicted octanol–water partition coefficient (Wildman–Crippen LogP) is 0.289. The zero-order chi connectivity index (χ0) is 8.55. The fourth-order valence-corrected chi connectivity index (χ4v) is 1.82. The highest BCUT2D eigenvalue weighted by molar-refractivity contribution is 4.88. The van der Waals surface area contributed by atoms with Gasteiger partial charge >= 0.3 is 0 Å². The minimum absolute atomic E-state index is 0.750. The lowest BCUT2D eigenvalue weighted by atomic mass is 10.2. The van der Waals surface area contributed by atoms with Crippen LogP contribution >= 0.6 is 0 Å². The Balaban J connectivity index is 1.73. The summed E-state index contributed by atoms with van der Waals surface area (Å²) in [4.78, 5) is 0. The molecule has 1 N–H and O–H groups in total. The molecule has 0 amide bonds. The van der Waals surface area contributed by atoms with Crippen LogP contribution in [0.1, 0.15) is 19.3 Å². The van der Waals surface area contributed by atoms with Gasteiger partial charge in [0.1, 0.15) is 0 Å². The summed E-state index contributed by atoms with van der Waals surface area (Å²) in [5, 5.41) is 8.28. The Morgan fingerprint density at radius 3 is 2.42 bits per heavy atom. The van der Waals surface area contributed by atoms with Crippen molar-refractivity contribution in [2.24, 2.45) is 0 Å². The SMILES string of the molecule is CN(C)N1CCC(NC2CC2)C1. The molecule has 1 saturated carbocycles. The fraction of sp³-hybridized carbons (Fsp3) is 1.00. The summed E-state index contributed by atoms with van der Waals surface area (Å²) in [5.41, 5.74) is 0. The number of hydrazine groups is 1. The van der Waals surface area contributed by atoms with Crippen LogP contribution < -0.4 is 5.32 Å². The molecule has 1 heterocycles. The molecule has 2 fully saturated rings. The van der Waals surface area contributed by atoms with Crippen molar-refractivity contribution in [1.29, 1.82) is 0 Å². The molecule has 1 aliphatic heterocycles. The van der Waals surface area contributed by atoms with E-state index in [9.17, 15) is 0 Å². The Labute approximate surface area is 74.7 Å². The van der Waals surface area contributed by atoms with Gasteiger partial charge in [-0.3, -0.25) is 0 Å². The van der Waals surface area contributed by atoms with E-state index >= 15 is 0 Å². The smallest absolute Gasteiger partial charge is 0.0287 e. The third-order valence-corrected chi connectivity index (χ3v) is 2.78. The van der Waals surface area contributed by atoms with Crippen molar-refractivity contribution in [3.8, 4) is 0 Å². The molecule has 1 aliphatic carbocycles. The zero-order valence-electron chi connectivity index (χ0n) is 8.08. The topological polar surface area (TPSA) is 18.5 Å². The maximum atomic E-state index is 3.67. The van der Waals surface area contributed by atoms with Crippen LogP contribution in [0.4, 0.5) is 0 Å². The molecule has 2 rings (SSSR count). The van der Waals surface area contributed by atoms with Gasteiger partial charge in [0.05, 0.1) is 0 Å². The Bertz CT molecular complexity index is 154. The van der Waals surface area contributed by atoms with E-state index in [4.69, 9.17) is 0 Å². The first-order valence-electron chi connectivity index (χ1n) is 4.94. The highest BCUT2D eigenvalue weighted by atomic mass is 15.6. The lowest BCUT2D eigenvalue weighted by molar-refractivity contribution is 0.0510. The standard InChI is InChI=1S/C9H19N3/c1-11(2)12-6-5-9(7-12)10-8-3-4-8/h8-10H,3-7H2,1-2H3. The van der Waals surface area contributed by atoms with Crippen molar-refractivity contribution in [2.75, 3.05) is 27.2 Å². The Morgan fingerprint density at radius 1 is 1.17 bits per heavy atom. The van der Waals surface area contributed by atoms with Crippen molar-refractivity contribution in [2.45, 2.75) is 31.3 Å². The van der Waals surface area contributed by atoms with E-state index in [0.29, 0.717) is 0 Å². The van der Waals surface area contributed by atoms with E-state index in [1.807, 2.05) is 0 Å². The summed E-state index contributed by atoms with van der Waals surface area (Å²) in [6.07, 6.45) is 4.12. The third-order valence-electron chi connectivity index (χ3n) is 2.78. The van der Waals surface area contributed by atoms with Crippen LogP contribution in [0.5, 0.6) is 0 Å². The van der Waals surface area contributed by atoms with Crippen LogP contribution in [-0.4, -0.2) is 49.3 Å². The van der Waals surface area contributed by atoms with Gasteiger partial charge in [0.25, 0.3) is 0 Å². The first-order chi connectivity index (χ1) is 5.75. The van der Waals surface area contributed by atoms with Crippen LogP contribution in [0, 0.1) is 0 Å². The average molecular weight is 169 g/mol. The van der Waals surface area contributed by atoms with E-state index < -0.39 is 0 Å². The molecule has 12 heavy (non-hydrogen) atoms. The predicted molar refractivity (Wildman–Crippen MR) is 49.8 cm³/mol. The maximum absolute atomic E-state index is 3.67. The molecule has 3 heteroatoms. The summed E-state index contributed by atoms with van der Waals surface area (Å²) in [7, 11) is 4.25. The molecule has 1 atom stereocenters. The monoisotopic (exact) mass is 169 g/mol. The van der Waals surface area contributed by atoms with Crippen LogP contribution in [0.2, 0.25) is 0 Å². The van der Waals surface area contributed by atoms with Crippen LogP contribution in [-0.2, 0) is 0 Å². The normalized spacial score (nSPS) is 31.8. The first kappa shape index (κ1) is 8.48. The van der Waals surface area contributed by atoms with E-state index in [-0.39, 0.29) is 0 Å². The zero-order valence-corrected chi connectivity index (χ0v) is 8.08. The van der Waals surface area contributed by atoms with E-state index in [2.05, 4.69) is 29.4 Å². The highest BCUT2D eigenvalue weighted by Gasteiger charge is 2.29. The maximum Gasteiger partial charge on any atom is 0.0287 e. The summed E-state index contributed by atoms with van der Waals surface area (Å²) >= 11 is 0. The van der Waals surface area contributed by atoms with Gasteiger partial charge in [-0.25, -0.2) is 10.0 Å². The minimum Gasteiger partial charge on any atom is -0.310 e. The molecule has 1 unspecified atom stereocenters. The quantitative estimate of drug-likeness (QED) is 0.655. The van der Waals surface area contributed by atoms with Crippen LogP contribution in [0.3, 0.4) is 0 Å². The molecule has 0 spiro atoms. The van der Waals surface area contributed by atoms with Gasteiger partial charge in [-0.15, -0.1) is 0 Å². The Morgan fingerprint density at radius 2 is 1.92 bits per heavy atom. The molecule has 0 aromatic carbocycles. The third kappa shape index (κ3) is 1.97. The molecular weight excluding hydrogens is 150 g/mol. The van der Waals surface area contributed by atoms with Gasteiger partial charge in [0.15, 0.2) is 0 Å². The highest BCUT2D eigenvalue weighted by Crippen LogP contribution is 2.21. The summed E-state index contributed by atoms with van der Waals surface area (Å²) < 4.78 is 0. The molecule has 1 saturated heterocycles. The van der Waals surface area contributed by atoms with Crippen molar-refractivity contribution in [3.63, 3.8) is 0 Å². The molecule has 0 aromatic heterocycles. The molecule has 70 valence electrons. The van der Waals surface area contributed by atoms with Crippen molar-refractivity contribution in [1.82, 2.24) is 15.3 Å². The van der Waals surface area contributed by atoms with E-state index in [1.54, 1.807) is 0 Å². The lowest BCUT2D eigenvalue weighted by Crippen LogP contribution is -2.39. The first-order valence-corrected chi connectivity index (χ1v) is 4.94. The van der Waals surface area contributed by atoms with Gasteiger partial charge in [0.2, 0.25) is 0 Å². The second-order valence-electron chi connectivity index (χ2n) is 4.19. The van der Waals surface area contributed by atoms with Crippen LogP contribution in [0.25, 0.3) is 0 Å². The average Bonchev–Trinajstić information content (AvgIpc) is 2.66. The van der Waals surface area contributed by atoms with Crippen molar-refractivity contribution < 1.29 is 0 Å². The van der Waals surface area contributed by atoms with Crippen molar-refractivity contribution in [3.05, 3.63) is 0 Å². The number of rotatable bonds is 3. The molecule has 2 aliphatic rings. The van der Waals surface area contributed by atoms with E-state index in [0.717, 1.165) is 12.1 Å². The molecule has 3 nitrogen and oxygen atoms in total. The fourth-order valence-electron chi connectivity index (χ4n) is 1.82. The number of nitrogens with zero attached hydrogens (tertiary/aromatic N) is 2. The summed E-state index contributed by atoms with van der Waals surface area (Å²) in [6.45, 7) is 2.42. The molecule has 0 radical (unpaired) electrons. The lowest BCUT2D eigenvalue weighted by Gasteiger charge is -2.23. The van der Waals surface area contributed by atoms with Gasteiger partial charge in [-0.2, -0.15) is 0 Å². The van der Waals surface area contributed by atoms with E-state index in [1.165, 1.54) is 32.4 Å². The number of nitrogens with one attached hydrogen (secondary N) is 1. The Kier molecular flexibility index (Phi) is 2.35. The number of hydrogen-bond donors (Lipinski definition) is 1. The number of hydrogen-bond acceptors (Lipinski definition) is 3. The summed E-state index contributed by atoms with van der Waals surface area (Å²) in [6, 6.07) is 1.61. The second kappa shape index (κ2) is 3.32. The second-order valence-corrected chi connectivity index (χ2v) is 4.19. The van der Waals surface area contributed by atoms with Gasteiger partial charge < -0.3 is 5.32 Å². The minimum atomic E-state index is 0.750. The van der Waals surface area contributed by atoms with Gasteiger partial charge in [-0.05, 0) is 19.3 Å². The molecule has 0 aromatic rings.